The Bertz CT molecular complexity index is 230. The Morgan fingerprint density at radius 3 is 2.27 bits per heavy atom. The van der Waals surface area contributed by atoms with Crippen molar-refractivity contribution in [3.8, 4) is 0 Å². The first-order valence-electron chi connectivity index (χ1n) is 3.42. The third-order valence-corrected chi connectivity index (χ3v) is 1.57. The molecule has 0 spiro atoms. The van der Waals surface area contributed by atoms with Gasteiger partial charge in [-0.3, -0.25) is 4.68 Å². The molecule has 0 bridgehead atoms. The van der Waals surface area contributed by atoms with Crippen LogP contribution < -0.4 is 5.73 Å². The maximum absolute atomic E-state index is 5.60. The minimum absolute atomic E-state index is 0. The SMILES string of the molecule is Cc1c(N)cnn1C(C)C.Cl. The first kappa shape index (κ1) is 10.3. The molecule has 1 rings (SSSR count). The van der Waals surface area contributed by atoms with E-state index in [0.717, 1.165) is 11.4 Å². The van der Waals surface area contributed by atoms with Crippen LogP contribution in [0.15, 0.2) is 6.20 Å². The Balaban J connectivity index is 0.000001000. The van der Waals surface area contributed by atoms with Gasteiger partial charge < -0.3 is 5.73 Å². The van der Waals surface area contributed by atoms with Crippen LogP contribution in [-0.2, 0) is 0 Å². The molecule has 0 saturated carbocycles. The molecular weight excluding hydrogens is 162 g/mol. The molecule has 0 aromatic carbocycles. The first-order valence-corrected chi connectivity index (χ1v) is 3.42. The summed E-state index contributed by atoms with van der Waals surface area (Å²) in [6.07, 6.45) is 1.69. The summed E-state index contributed by atoms with van der Waals surface area (Å²) in [4.78, 5) is 0. The lowest BCUT2D eigenvalue weighted by molar-refractivity contribution is 0.519. The highest BCUT2D eigenvalue weighted by molar-refractivity contribution is 5.85. The van der Waals surface area contributed by atoms with Gasteiger partial charge in [-0.1, -0.05) is 0 Å². The maximum atomic E-state index is 5.60. The van der Waals surface area contributed by atoms with Crippen molar-refractivity contribution in [2.75, 3.05) is 5.73 Å². The molecule has 0 fully saturated rings. The fraction of sp³-hybridized carbons (Fsp3) is 0.571. The molecule has 1 aromatic heterocycles. The van der Waals surface area contributed by atoms with Crippen molar-refractivity contribution in [3.63, 3.8) is 0 Å². The van der Waals surface area contributed by atoms with Crippen LogP contribution in [0.1, 0.15) is 25.6 Å². The van der Waals surface area contributed by atoms with Crippen LogP contribution >= 0.6 is 12.4 Å². The topological polar surface area (TPSA) is 43.8 Å². The van der Waals surface area contributed by atoms with E-state index < -0.39 is 0 Å². The molecule has 0 aliphatic heterocycles. The standard InChI is InChI=1S/C7H13N3.ClH/c1-5(2)10-6(3)7(8)4-9-10;/h4-5H,8H2,1-3H3;1H. The number of aromatic nitrogens is 2. The highest BCUT2D eigenvalue weighted by atomic mass is 35.5. The van der Waals surface area contributed by atoms with Crippen LogP contribution in [0.4, 0.5) is 5.69 Å². The normalized spacial score (nSPS) is 9.82. The smallest absolute Gasteiger partial charge is 0.0730 e. The fourth-order valence-corrected chi connectivity index (χ4v) is 0.957. The highest BCUT2D eigenvalue weighted by Crippen LogP contribution is 2.13. The second kappa shape index (κ2) is 3.62. The van der Waals surface area contributed by atoms with Crippen LogP contribution in [0.3, 0.4) is 0 Å². The summed E-state index contributed by atoms with van der Waals surface area (Å²) in [5, 5.41) is 4.11. The summed E-state index contributed by atoms with van der Waals surface area (Å²) in [6.45, 7) is 6.14. The summed E-state index contributed by atoms with van der Waals surface area (Å²) < 4.78 is 1.91. The molecule has 0 radical (unpaired) electrons. The van der Waals surface area contributed by atoms with Crippen LogP contribution in [0, 0.1) is 6.92 Å². The van der Waals surface area contributed by atoms with E-state index in [2.05, 4.69) is 18.9 Å². The van der Waals surface area contributed by atoms with Gasteiger partial charge in [-0.05, 0) is 20.8 Å². The molecule has 0 saturated heterocycles. The lowest BCUT2D eigenvalue weighted by Crippen LogP contribution is -2.04. The molecular formula is C7H14ClN3. The predicted octanol–water partition coefficient (Wildman–Crippen LogP) is 1.78. The van der Waals surface area contributed by atoms with Crippen molar-refractivity contribution >= 4 is 18.1 Å². The van der Waals surface area contributed by atoms with Gasteiger partial charge in [-0.25, -0.2) is 0 Å². The van der Waals surface area contributed by atoms with Crippen LogP contribution in [-0.4, -0.2) is 9.78 Å². The van der Waals surface area contributed by atoms with Crippen molar-refractivity contribution in [3.05, 3.63) is 11.9 Å². The van der Waals surface area contributed by atoms with Gasteiger partial charge in [0.05, 0.1) is 17.6 Å². The van der Waals surface area contributed by atoms with Crippen molar-refractivity contribution < 1.29 is 0 Å². The van der Waals surface area contributed by atoms with Gasteiger partial charge in [0.1, 0.15) is 0 Å². The summed E-state index contributed by atoms with van der Waals surface area (Å²) in [7, 11) is 0. The number of hydrogen-bond donors (Lipinski definition) is 1. The molecule has 1 aromatic rings. The Labute approximate surface area is 73.0 Å². The van der Waals surface area contributed by atoms with Crippen molar-refractivity contribution in [1.82, 2.24) is 9.78 Å². The number of anilines is 1. The van der Waals surface area contributed by atoms with E-state index in [1.165, 1.54) is 0 Å². The average molecular weight is 176 g/mol. The molecule has 0 amide bonds. The molecule has 2 N–H and O–H groups in total. The van der Waals surface area contributed by atoms with Gasteiger partial charge in [0.25, 0.3) is 0 Å². The lowest BCUT2D eigenvalue weighted by Gasteiger charge is -2.06. The molecule has 0 aliphatic carbocycles. The van der Waals surface area contributed by atoms with Crippen molar-refractivity contribution in [1.29, 1.82) is 0 Å². The Morgan fingerprint density at radius 2 is 2.09 bits per heavy atom. The third-order valence-electron chi connectivity index (χ3n) is 1.57. The Morgan fingerprint density at radius 1 is 1.55 bits per heavy atom. The lowest BCUT2D eigenvalue weighted by atomic mass is 10.3. The quantitative estimate of drug-likeness (QED) is 0.707. The van der Waals surface area contributed by atoms with Crippen LogP contribution in [0.25, 0.3) is 0 Å². The van der Waals surface area contributed by atoms with E-state index in [-0.39, 0.29) is 12.4 Å². The summed E-state index contributed by atoms with van der Waals surface area (Å²) in [6, 6.07) is 0.400. The minimum Gasteiger partial charge on any atom is -0.396 e. The third kappa shape index (κ3) is 1.87. The van der Waals surface area contributed by atoms with Crippen LogP contribution in [0.2, 0.25) is 0 Å². The van der Waals surface area contributed by atoms with Gasteiger partial charge in [0.2, 0.25) is 0 Å². The number of nitrogen functional groups attached to an aromatic ring is 1. The summed E-state index contributed by atoms with van der Waals surface area (Å²) in [5.74, 6) is 0. The Hall–Kier alpha value is -0.700. The number of hydrogen-bond acceptors (Lipinski definition) is 2. The molecule has 0 atom stereocenters. The molecule has 11 heavy (non-hydrogen) atoms. The molecule has 3 nitrogen and oxygen atoms in total. The van der Waals surface area contributed by atoms with Crippen LogP contribution in [0.5, 0.6) is 0 Å². The van der Waals surface area contributed by atoms with Gasteiger partial charge in [-0.15, -0.1) is 12.4 Å². The number of rotatable bonds is 1. The van der Waals surface area contributed by atoms with E-state index in [0.29, 0.717) is 6.04 Å². The van der Waals surface area contributed by atoms with E-state index in [9.17, 15) is 0 Å². The van der Waals surface area contributed by atoms with Crippen molar-refractivity contribution in [2.24, 2.45) is 0 Å². The van der Waals surface area contributed by atoms with Gasteiger partial charge >= 0.3 is 0 Å². The fourth-order valence-electron chi connectivity index (χ4n) is 0.957. The zero-order valence-electron chi connectivity index (χ0n) is 7.03. The van der Waals surface area contributed by atoms with E-state index in [1.54, 1.807) is 6.20 Å². The number of nitrogens with zero attached hydrogens (tertiary/aromatic N) is 2. The molecule has 0 aliphatic rings. The van der Waals surface area contributed by atoms with Gasteiger partial charge in [0, 0.05) is 6.04 Å². The second-order valence-corrected chi connectivity index (χ2v) is 2.72. The molecule has 1 heterocycles. The highest BCUT2D eigenvalue weighted by Gasteiger charge is 2.04. The average Bonchev–Trinajstić information content (AvgIpc) is 2.14. The first-order chi connectivity index (χ1) is 4.63. The monoisotopic (exact) mass is 175 g/mol. The maximum Gasteiger partial charge on any atom is 0.0730 e. The molecule has 64 valence electrons. The molecule has 4 heteroatoms. The van der Waals surface area contributed by atoms with E-state index >= 15 is 0 Å². The largest absolute Gasteiger partial charge is 0.396 e. The zero-order chi connectivity index (χ0) is 7.72. The summed E-state index contributed by atoms with van der Waals surface area (Å²) in [5.41, 5.74) is 7.42. The zero-order valence-corrected chi connectivity index (χ0v) is 7.85. The number of nitrogens with two attached hydrogens (primary N) is 1. The van der Waals surface area contributed by atoms with Gasteiger partial charge in [-0.2, -0.15) is 5.10 Å². The summed E-state index contributed by atoms with van der Waals surface area (Å²) >= 11 is 0. The minimum atomic E-state index is 0. The van der Waals surface area contributed by atoms with E-state index in [4.69, 9.17) is 5.73 Å². The molecule has 0 unspecified atom stereocenters. The second-order valence-electron chi connectivity index (χ2n) is 2.72. The predicted molar refractivity (Wildman–Crippen MR) is 49.0 cm³/mol. The van der Waals surface area contributed by atoms with Gasteiger partial charge in [0.15, 0.2) is 0 Å². The van der Waals surface area contributed by atoms with Crippen molar-refractivity contribution in [2.45, 2.75) is 26.8 Å². The van der Waals surface area contributed by atoms with E-state index in [1.807, 2.05) is 11.6 Å². The Kier molecular flexibility index (Phi) is 3.39. The number of halogens is 1.